The summed E-state index contributed by atoms with van der Waals surface area (Å²) < 4.78 is 0. The lowest BCUT2D eigenvalue weighted by Gasteiger charge is -2.41. The largest absolute Gasteiger partial charge is 0.380 e. The Morgan fingerprint density at radius 3 is 1.77 bits per heavy atom. The molecule has 3 rings (SSSR count). The standard InChI is InChI=1S/C20H25NO/c1-15-7-3-5-9-18(15)20(22,17-11-13-21-14-12-17)19-10-6-4-8-16(19)2/h3-10,17,21-22H,11-14H2,1-2H3. The molecule has 2 N–H and O–H groups in total. The maximum atomic E-state index is 11.9. The maximum absolute atomic E-state index is 11.9. The van der Waals surface area contributed by atoms with Crippen molar-refractivity contribution in [1.82, 2.24) is 5.32 Å². The topological polar surface area (TPSA) is 32.3 Å². The van der Waals surface area contributed by atoms with Crippen LogP contribution in [0.15, 0.2) is 48.5 Å². The molecule has 2 aromatic carbocycles. The van der Waals surface area contributed by atoms with Gasteiger partial charge in [0.15, 0.2) is 0 Å². The summed E-state index contributed by atoms with van der Waals surface area (Å²) in [5.74, 6) is 0.246. The van der Waals surface area contributed by atoms with E-state index in [-0.39, 0.29) is 5.92 Å². The minimum atomic E-state index is -0.904. The molecule has 22 heavy (non-hydrogen) atoms. The van der Waals surface area contributed by atoms with Crippen LogP contribution in [0.3, 0.4) is 0 Å². The van der Waals surface area contributed by atoms with Gasteiger partial charge in [0.25, 0.3) is 0 Å². The van der Waals surface area contributed by atoms with Gasteiger partial charge in [-0.05, 0) is 68.0 Å². The summed E-state index contributed by atoms with van der Waals surface area (Å²) in [5.41, 5.74) is 3.52. The Balaban J connectivity index is 2.18. The molecule has 0 radical (unpaired) electrons. The predicted octanol–water partition coefficient (Wildman–Crippen LogP) is 3.54. The van der Waals surface area contributed by atoms with E-state index >= 15 is 0 Å². The van der Waals surface area contributed by atoms with E-state index in [1.54, 1.807) is 0 Å². The van der Waals surface area contributed by atoms with Gasteiger partial charge >= 0.3 is 0 Å². The number of aliphatic hydroxyl groups is 1. The molecule has 1 saturated heterocycles. The van der Waals surface area contributed by atoms with Crippen LogP contribution in [0.25, 0.3) is 0 Å². The van der Waals surface area contributed by atoms with E-state index in [1.807, 2.05) is 24.3 Å². The van der Waals surface area contributed by atoms with Crippen LogP contribution in [-0.2, 0) is 5.60 Å². The van der Waals surface area contributed by atoms with Crippen LogP contribution in [0.4, 0.5) is 0 Å². The molecule has 0 bridgehead atoms. The first-order valence-electron chi connectivity index (χ1n) is 8.19. The Labute approximate surface area is 133 Å². The third kappa shape index (κ3) is 2.57. The summed E-state index contributed by atoms with van der Waals surface area (Å²) in [5, 5.41) is 15.3. The molecule has 2 aromatic rings. The molecular formula is C20H25NO. The Morgan fingerprint density at radius 2 is 1.32 bits per heavy atom. The molecule has 0 amide bonds. The van der Waals surface area contributed by atoms with Crippen molar-refractivity contribution in [2.24, 2.45) is 5.92 Å². The van der Waals surface area contributed by atoms with Crippen molar-refractivity contribution in [3.8, 4) is 0 Å². The van der Waals surface area contributed by atoms with Crippen molar-refractivity contribution in [1.29, 1.82) is 0 Å². The van der Waals surface area contributed by atoms with Gasteiger partial charge in [-0.3, -0.25) is 0 Å². The molecular weight excluding hydrogens is 270 g/mol. The molecule has 1 aliphatic rings. The minimum absolute atomic E-state index is 0.246. The smallest absolute Gasteiger partial charge is 0.118 e. The zero-order valence-corrected chi connectivity index (χ0v) is 13.5. The summed E-state index contributed by atoms with van der Waals surface area (Å²) in [6.45, 7) is 6.15. The van der Waals surface area contributed by atoms with Gasteiger partial charge < -0.3 is 10.4 Å². The normalized spacial score (nSPS) is 16.7. The highest BCUT2D eigenvalue weighted by Crippen LogP contribution is 2.43. The lowest BCUT2D eigenvalue weighted by atomic mass is 9.70. The van der Waals surface area contributed by atoms with Crippen molar-refractivity contribution in [3.63, 3.8) is 0 Å². The van der Waals surface area contributed by atoms with Crippen molar-refractivity contribution < 1.29 is 5.11 Å². The Bertz CT molecular complexity index is 598. The van der Waals surface area contributed by atoms with Gasteiger partial charge in [-0.1, -0.05) is 48.5 Å². The summed E-state index contributed by atoms with van der Waals surface area (Å²) in [4.78, 5) is 0. The minimum Gasteiger partial charge on any atom is -0.380 e. The third-order valence-corrected chi connectivity index (χ3v) is 5.04. The molecule has 1 heterocycles. The van der Waals surface area contributed by atoms with Gasteiger partial charge in [-0.25, -0.2) is 0 Å². The summed E-state index contributed by atoms with van der Waals surface area (Å²) in [6.07, 6.45) is 2.00. The second-order valence-corrected chi connectivity index (χ2v) is 6.42. The molecule has 0 atom stereocenters. The van der Waals surface area contributed by atoms with E-state index in [2.05, 4.69) is 43.4 Å². The fourth-order valence-electron chi connectivity index (χ4n) is 3.83. The Morgan fingerprint density at radius 1 is 0.864 bits per heavy atom. The van der Waals surface area contributed by atoms with Crippen LogP contribution in [-0.4, -0.2) is 18.2 Å². The lowest BCUT2D eigenvalue weighted by Crippen LogP contribution is -2.43. The van der Waals surface area contributed by atoms with E-state index < -0.39 is 5.60 Å². The fraction of sp³-hybridized carbons (Fsp3) is 0.400. The van der Waals surface area contributed by atoms with Crippen LogP contribution < -0.4 is 5.32 Å². The Kier molecular flexibility index (Phi) is 4.32. The monoisotopic (exact) mass is 295 g/mol. The molecule has 1 fully saturated rings. The predicted molar refractivity (Wildman–Crippen MR) is 91.0 cm³/mol. The first kappa shape index (κ1) is 15.3. The molecule has 2 nitrogen and oxygen atoms in total. The highest BCUT2D eigenvalue weighted by Gasteiger charge is 2.42. The molecule has 0 unspecified atom stereocenters. The highest BCUT2D eigenvalue weighted by atomic mass is 16.3. The van der Waals surface area contributed by atoms with Crippen LogP contribution in [0.2, 0.25) is 0 Å². The first-order valence-corrected chi connectivity index (χ1v) is 8.19. The lowest BCUT2D eigenvalue weighted by molar-refractivity contribution is 0.00132. The van der Waals surface area contributed by atoms with E-state index in [4.69, 9.17) is 0 Å². The first-order chi connectivity index (χ1) is 10.6. The average molecular weight is 295 g/mol. The summed E-state index contributed by atoms with van der Waals surface area (Å²) in [7, 11) is 0. The van der Waals surface area contributed by atoms with E-state index in [0.717, 1.165) is 48.2 Å². The van der Waals surface area contributed by atoms with Gasteiger partial charge in [0, 0.05) is 0 Å². The number of piperidine rings is 1. The van der Waals surface area contributed by atoms with E-state index in [0.29, 0.717) is 0 Å². The van der Waals surface area contributed by atoms with Crippen molar-refractivity contribution in [2.45, 2.75) is 32.3 Å². The molecule has 0 aliphatic carbocycles. The van der Waals surface area contributed by atoms with Gasteiger partial charge in [0.1, 0.15) is 5.60 Å². The quantitative estimate of drug-likeness (QED) is 0.908. The number of hydrogen-bond acceptors (Lipinski definition) is 2. The van der Waals surface area contributed by atoms with Crippen molar-refractivity contribution in [2.75, 3.05) is 13.1 Å². The second-order valence-electron chi connectivity index (χ2n) is 6.42. The van der Waals surface area contributed by atoms with Gasteiger partial charge in [-0.2, -0.15) is 0 Å². The third-order valence-electron chi connectivity index (χ3n) is 5.04. The average Bonchev–Trinajstić information content (AvgIpc) is 2.56. The fourth-order valence-corrected chi connectivity index (χ4v) is 3.83. The van der Waals surface area contributed by atoms with Crippen molar-refractivity contribution >= 4 is 0 Å². The molecule has 0 aromatic heterocycles. The maximum Gasteiger partial charge on any atom is 0.118 e. The molecule has 0 spiro atoms. The zero-order chi connectivity index (χ0) is 15.6. The van der Waals surface area contributed by atoms with Gasteiger partial charge in [-0.15, -0.1) is 0 Å². The Hall–Kier alpha value is -1.64. The van der Waals surface area contributed by atoms with Gasteiger partial charge in [0.2, 0.25) is 0 Å². The van der Waals surface area contributed by atoms with Crippen LogP contribution >= 0.6 is 0 Å². The number of nitrogens with one attached hydrogen (secondary N) is 1. The zero-order valence-electron chi connectivity index (χ0n) is 13.5. The van der Waals surface area contributed by atoms with Crippen LogP contribution in [0.5, 0.6) is 0 Å². The molecule has 1 aliphatic heterocycles. The molecule has 0 saturated carbocycles. The molecule has 2 heteroatoms. The number of benzene rings is 2. The summed E-state index contributed by atoms with van der Waals surface area (Å²) >= 11 is 0. The SMILES string of the molecule is Cc1ccccc1C(O)(c1ccccc1C)C1CCNCC1. The second kappa shape index (κ2) is 6.23. The summed E-state index contributed by atoms with van der Waals surface area (Å²) in [6, 6.07) is 16.5. The molecule has 116 valence electrons. The number of aryl methyl sites for hydroxylation is 2. The number of rotatable bonds is 3. The number of hydrogen-bond donors (Lipinski definition) is 2. The van der Waals surface area contributed by atoms with Crippen LogP contribution in [0.1, 0.15) is 35.1 Å². The van der Waals surface area contributed by atoms with Gasteiger partial charge in [0.05, 0.1) is 0 Å². The van der Waals surface area contributed by atoms with Crippen LogP contribution in [0, 0.1) is 19.8 Å². The van der Waals surface area contributed by atoms with E-state index in [1.165, 1.54) is 0 Å². The van der Waals surface area contributed by atoms with E-state index in [9.17, 15) is 5.11 Å². The highest BCUT2D eigenvalue weighted by molar-refractivity contribution is 5.44. The van der Waals surface area contributed by atoms with Crippen molar-refractivity contribution in [3.05, 3.63) is 70.8 Å².